The first-order valence-corrected chi connectivity index (χ1v) is 7.89. The Morgan fingerprint density at radius 2 is 1.59 bits per heavy atom. The van der Waals surface area contributed by atoms with Gasteiger partial charge in [0.2, 0.25) is 11.8 Å². The smallest absolute Gasteiger partial charge is 0.242 e. The topological polar surface area (TPSA) is 66.6 Å². The van der Waals surface area contributed by atoms with E-state index in [1.807, 2.05) is 41.0 Å². The minimum Gasteiger partial charge on any atom is -0.339 e. The van der Waals surface area contributed by atoms with Crippen LogP contribution < -0.4 is 5.73 Å². The lowest BCUT2D eigenvalue weighted by Crippen LogP contribution is -2.55. The highest BCUT2D eigenvalue weighted by Crippen LogP contribution is 2.34. The van der Waals surface area contributed by atoms with Crippen molar-refractivity contribution in [1.29, 1.82) is 0 Å². The van der Waals surface area contributed by atoms with Gasteiger partial charge < -0.3 is 15.5 Å². The molecule has 0 spiro atoms. The van der Waals surface area contributed by atoms with Gasteiger partial charge in [-0.25, -0.2) is 0 Å². The molecule has 5 heteroatoms. The summed E-state index contributed by atoms with van der Waals surface area (Å²) in [6.45, 7) is 4.43. The summed E-state index contributed by atoms with van der Waals surface area (Å²) in [5.74, 6) is 0.183. The molecule has 1 aromatic rings. The molecule has 1 saturated heterocycles. The summed E-state index contributed by atoms with van der Waals surface area (Å²) < 4.78 is 0. The van der Waals surface area contributed by atoms with E-state index in [0.717, 1.165) is 18.4 Å². The first-order chi connectivity index (χ1) is 10.5. The third-order valence-corrected chi connectivity index (χ3v) is 4.61. The van der Waals surface area contributed by atoms with Crippen LogP contribution in [-0.4, -0.2) is 53.3 Å². The maximum atomic E-state index is 12.3. The number of hydrogen-bond donors (Lipinski definition) is 1. The van der Waals surface area contributed by atoms with E-state index in [1.54, 1.807) is 0 Å². The maximum Gasteiger partial charge on any atom is 0.242 e. The SMILES string of the molecule is Cc1ccc(CC(=O)N2CCN(C(=O)C3(N)CC3)CC2)cc1. The Hall–Kier alpha value is -1.88. The molecule has 1 saturated carbocycles. The van der Waals surface area contributed by atoms with Crippen LogP contribution in [0.1, 0.15) is 24.0 Å². The average molecular weight is 301 g/mol. The molecule has 0 atom stereocenters. The number of rotatable bonds is 3. The molecule has 1 aliphatic heterocycles. The summed E-state index contributed by atoms with van der Waals surface area (Å²) in [5, 5.41) is 0. The van der Waals surface area contributed by atoms with Crippen molar-refractivity contribution in [2.75, 3.05) is 26.2 Å². The number of benzene rings is 1. The Balaban J connectivity index is 1.51. The lowest BCUT2D eigenvalue weighted by atomic mass is 10.1. The van der Waals surface area contributed by atoms with Gasteiger partial charge in [0.05, 0.1) is 12.0 Å². The molecule has 118 valence electrons. The Bertz CT molecular complexity index is 570. The van der Waals surface area contributed by atoms with E-state index >= 15 is 0 Å². The molecule has 1 aromatic carbocycles. The zero-order valence-corrected chi connectivity index (χ0v) is 13.0. The molecule has 0 unspecified atom stereocenters. The molecule has 22 heavy (non-hydrogen) atoms. The van der Waals surface area contributed by atoms with E-state index in [1.165, 1.54) is 5.56 Å². The van der Waals surface area contributed by atoms with Gasteiger partial charge >= 0.3 is 0 Å². The predicted octanol–water partition coefficient (Wildman–Crippen LogP) is 0.700. The van der Waals surface area contributed by atoms with Gasteiger partial charge in [0.15, 0.2) is 0 Å². The second-order valence-electron chi connectivity index (χ2n) is 6.49. The number of carbonyl (C=O) groups is 2. The summed E-state index contributed by atoms with van der Waals surface area (Å²) in [6.07, 6.45) is 2.01. The van der Waals surface area contributed by atoms with E-state index in [0.29, 0.717) is 32.6 Å². The molecule has 2 aliphatic rings. The van der Waals surface area contributed by atoms with Crippen molar-refractivity contribution in [2.24, 2.45) is 5.73 Å². The van der Waals surface area contributed by atoms with Crippen molar-refractivity contribution in [3.05, 3.63) is 35.4 Å². The Kier molecular flexibility index (Phi) is 3.91. The van der Waals surface area contributed by atoms with Gasteiger partial charge in [0, 0.05) is 26.2 Å². The first kappa shape index (κ1) is 15.0. The van der Waals surface area contributed by atoms with Gasteiger partial charge in [0.1, 0.15) is 0 Å². The first-order valence-electron chi connectivity index (χ1n) is 7.89. The normalized spacial score (nSPS) is 19.9. The summed E-state index contributed by atoms with van der Waals surface area (Å²) in [5.41, 5.74) is 7.58. The largest absolute Gasteiger partial charge is 0.339 e. The molecule has 0 bridgehead atoms. The Labute approximate surface area is 131 Å². The molecule has 2 N–H and O–H groups in total. The monoisotopic (exact) mass is 301 g/mol. The molecule has 1 aliphatic carbocycles. The molecule has 0 aromatic heterocycles. The lowest BCUT2D eigenvalue weighted by Gasteiger charge is -2.36. The van der Waals surface area contributed by atoms with E-state index in [9.17, 15) is 9.59 Å². The maximum absolute atomic E-state index is 12.3. The quantitative estimate of drug-likeness (QED) is 0.893. The minimum atomic E-state index is -0.603. The second kappa shape index (κ2) is 5.72. The molecule has 0 radical (unpaired) electrons. The molecule has 3 rings (SSSR count). The highest BCUT2D eigenvalue weighted by atomic mass is 16.2. The van der Waals surface area contributed by atoms with Crippen molar-refractivity contribution in [1.82, 2.24) is 9.80 Å². The van der Waals surface area contributed by atoms with Crippen LogP contribution in [0.5, 0.6) is 0 Å². The van der Waals surface area contributed by atoms with Crippen molar-refractivity contribution in [3.63, 3.8) is 0 Å². The summed E-state index contributed by atoms with van der Waals surface area (Å²) in [7, 11) is 0. The highest BCUT2D eigenvalue weighted by Gasteiger charge is 2.48. The third kappa shape index (κ3) is 3.14. The molecule has 1 heterocycles. The van der Waals surface area contributed by atoms with Crippen LogP contribution in [0.15, 0.2) is 24.3 Å². The van der Waals surface area contributed by atoms with Crippen molar-refractivity contribution >= 4 is 11.8 Å². The number of aryl methyl sites for hydroxylation is 1. The second-order valence-corrected chi connectivity index (χ2v) is 6.49. The molecular formula is C17H23N3O2. The Morgan fingerprint density at radius 3 is 2.14 bits per heavy atom. The number of carbonyl (C=O) groups excluding carboxylic acids is 2. The van der Waals surface area contributed by atoms with Crippen LogP contribution in [0.25, 0.3) is 0 Å². The van der Waals surface area contributed by atoms with Gasteiger partial charge in [0.25, 0.3) is 0 Å². The van der Waals surface area contributed by atoms with Gasteiger partial charge in [-0.3, -0.25) is 9.59 Å². The van der Waals surface area contributed by atoms with Crippen molar-refractivity contribution in [2.45, 2.75) is 31.7 Å². The predicted molar refractivity (Wildman–Crippen MR) is 84.2 cm³/mol. The number of nitrogens with two attached hydrogens (primary N) is 1. The molecule has 2 amide bonds. The summed E-state index contributed by atoms with van der Waals surface area (Å²) in [4.78, 5) is 28.2. The lowest BCUT2D eigenvalue weighted by molar-refractivity contribution is -0.140. The number of piperazine rings is 1. The van der Waals surface area contributed by atoms with Crippen LogP contribution in [0.2, 0.25) is 0 Å². The molecule has 2 fully saturated rings. The van der Waals surface area contributed by atoms with Gasteiger partial charge in [-0.2, -0.15) is 0 Å². The van der Waals surface area contributed by atoms with Gasteiger partial charge in [-0.1, -0.05) is 29.8 Å². The van der Waals surface area contributed by atoms with Gasteiger partial charge in [-0.15, -0.1) is 0 Å². The summed E-state index contributed by atoms with van der Waals surface area (Å²) >= 11 is 0. The van der Waals surface area contributed by atoms with E-state index in [2.05, 4.69) is 0 Å². The molecular weight excluding hydrogens is 278 g/mol. The Morgan fingerprint density at radius 1 is 1.05 bits per heavy atom. The van der Waals surface area contributed by atoms with Crippen LogP contribution in [0.3, 0.4) is 0 Å². The number of amides is 2. The van der Waals surface area contributed by atoms with E-state index in [4.69, 9.17) is 5.73 Å². The van der Waals surface area contributed by atoms with Crippen LogP contribution in [-0.2, 0) is 16.0 Å². The van der Waals surface area contributed by atoms with Crippen LogP contribution >= 0.6 is 0 Å². The fourth-order valence-corrected chi connectivity index (χ4v) is 2.81. The fourth-order valence-electron chi connectivity index (χ4n) is 2.81. The number of hydrogen-bond acceptors (Lipinski definition) is 3. The van der Waals surface area contributed by atoms with E-state index < -0.39 is 5.54 Å². The zero-order valence-electron chi connectivity index (χ0n) is 13.0. The standard InChI is InChI=1S/C17H23N3O2/c1-13-2-4-14(5-3-13)12-15(21)19-8-10-20(11-9-19)16(22)17(18)6-7-17/h2-5H,6-12,18H2,1H3. The van der Waals surface area contributed by atoms with Crippen molar-refractivity contribution < 1.29 is 9.59 Å². The zero-order chi connectivity index (χ0) is 15.7. The minimum absolute atomic E-state index is 0.0538. The summed E-state index contributed by atoms with van der Waals surface area (Å²) in [6, 6.07) is 8.04. The number of nitrogens with zero attached hydrogens (tertiary/aromatic N) is 2. The van der Waals surface area contributed by atoms with Crippen LogP contribution in [0, 0.1) is 6.92 Å². The highest BCUT2D eigenvalue weighted by molar-refractivity contribution is 5.89. The molecule has 5 nitrogen and oxygen atoms in total. The fraction of sp³-hybridized carbons (Fsp3) is 0.529. The average Bonchev–Trinajstić information content (AvgIpc) is 3.28. The van der Waals surface area contributed by atoms with E-state index in [-0.39, 0.29) is 11.8 Å². The van der Waals surface area contributed by atoms with Gasteiger partial charge in [-0.05, 0) is 25.3 Å². The van der Waals surface area contributed by atoms with Crippen molar-refractivity contribution in [3.8, 4) is 0 Å². The van der Waals surface area contributed by atoms with Crippen LogP contribution in [0.4, 0.5) is 0 Å². The third-order valence-electron chi connectivity index (χ3n) is 4.61.